The molecule has 7 heteroatoms. The second-order valence-electron chi connectivity index (χ2n) is 7.05. The fourth-order valence-corrected chi connectivity index (χ4v) is 5.39. The van der Waals surface area contributed by atoms with Crippen LogP contribution in [-0.4, -0.2) is 50.2 Å². The van der Waals surface area contributed by atoms with Crippen LogP contribution in [0.5, 0.6) is 0 Å². The lowest BCUT2D eigenvalue weighted by Gasteiger charge is -2.37. The molecule has 0 unspecified atom stereocenters. The van der Waals surface area contributed by atoms with Gasteiger partial charge in [0, 0.05) is 31.4 Å². The average molecular weight is 386 g/mol. The van der Waals surface area contributed by atoms with E-state index in [4.69, 9.17) is 5.11 Å². The van der Waals surface area contributed by atoms with Gasteiger partial charge in [-0.05, 0) is 55.2 Å². The van der Waals surface area contributed by atoms with Gasteiger partial charge in [0.25, 0.3) is 0 Å². The summed E-state index contributed by atoms with van der Waals surface area (Å²) in [4.78, 5) is 15.5. The number of sulfone groups is 1. The Balaban J connectivity index is 1.56. The molecule has 0 aliphatic carbocycles. The smallest absolute Gasteiger partial charge is 0.407 e. The molecule has 2 aromatic rings. The zero-order valence-corrected chi connectivity index (χ0v) is 15.7. The molecule has 0 bridgehead atoms. The van der Waals surface area contributed by atoms with E-state index in [9.17, 15) is 13.2 Å². The molecule has 2 aromatic carbocycles. The van der Waals surface area contributed by atoms with E-state index in [1.807, 2.05) is 6.07 Å². The van der Waals surface area contributed by atoms with Crippen LogP contribution in [0.15, 0.2) is 58.3 Å². The molecule has 0 atom stereocenters. The van der Waals surface area contributed by atoms with Gasteiger partial charge in [0.15, 0.2) is 0 Å². The Morgan fingerprint density at radius 2 is 1.67 bits per heavy atom. The van der Waals surface area contributed by atoms with Gasteiger partial charge in [-0.2, -0.15) is 0 Å². The molecule has 0 aromatic heterocycles. The molecule has 2 aliphatic rings. The minimum atomic E-state index is -3.51. The monoisotopic (exact) mass is 386 g/mol. The number of hydrogen-bond acceptors (Lipinski definition) is 4. The Morgan fingerprint density at radius 1 is 0.963 bits per heavy atom. The van der Waals surface area contributed by atoms with Crippen LogP contribution in [0.2, 0.25) is 0 Å². The first kappa shape index (κ1) is 17.9. The summed E-state index contributed by atoms with van der Waals surface area (Å²) >= 11 is 0. The first-order valence-electron chi connectivity index (χ1n) is 9.14. The normalized spacial score (nSPS) is 17.8. The van der Waals surface area contributed by atoms with Crippen LogP contribution < -0.4 is 4.90 Å². The number of benzene rings is 2. The highest BCUT2D eigenvalue weighted by molar-refractivity contribution is 7.91. The maximum absolute atomic E-state index is 12.8. The Kier molecular flexibility index (Phi) is 4.55. The lowest BCUT2D eigenvalue weighted by molar-refractivity contribution is 0.131. The topological polar surface area (TPSA) is 77.9 Å². The van der Waals surface area contributed by atoms with Crippen molar-refractivity contribution in [1.82, 2.24) is 4.90 Å². The van der Waals surface area contributed by atoms with E-state index in [0.29, 0.717) is 28.9 Å². The molecule has 4 rings (SSSR count). The fourth-order valence-electron chi connectivity index (χ4n) is 4.05. The average Bonchev–Trinajstić information content (AvgIpc) is 3.12. The van der Waals surface area contributed by atoms with Gasteiger partial charge in [-0.3, -0.25) is 0 Å². The summed E-state index contributed by atoms with van der Waals surface area (Å²) in [6.07, 6.45) is 1.56. The first-order chi connectivity index (χ1) is 13.0. The number of fused-ring (bicyclic) bond motifs is 1. The van der Waals surface area contributed by atoms with Gasteiger partial charge in [-0.25, -0.2) is 13.2 Å². The lowest BCUT2D eigenvalue weighted by Crippen LogP contribution is -2.46. The number of nitrogens with zero attached hydrogens (tertiary/aromatic N) is 2. The lowest BCUT2D eigenvalue weighted by atomic mass is 10.0. The van der Waals surface area contributed by atoms with E-state index < -0.39 is 15.9 Å². The standard InChI is InChI=1S/C20H22N2O4S/c23-20(24)21-11-9-16(10-12-21)22-13-8-15-14-18(6-7-19(15)22)27(25,26)17-4-2-1-3-5-17/h1-7,14,16H,8-13H2,(H,23,24). The van der Waals surface area contributed by atoms with Crippen LogP contribution in [0, 0.1) is 0 Å². The Bertz CT molecular complexity index is 951. The molecular formula is C20H22N2O4S. The maximum atomic E-state index is 12.8. The molecule has 6 nitrogen and oxygen atoms in total. The van der Waals surface area contributed by atoms with Gasteiger partial charge in [-0.15, -0.1) is 0 Å². The number of hydrogen-bond donors (Lipinski definition) is 1. The van der Waals surface area contributed by atoms with Crippen molar-refractivity contribution in [2.45, 2.75) is 35.1 Å². The molecule has 1 amide bonds. The molecule has 1 fully saturated rings. The number of rotatable bonds is 3. The summed E-state index contributed by atoms with van der Waals surface area (Å²) in [5, 5.41) is 9.10. The highest BCUT2D eigenvalue weighted by Crippen LogP contribution is 2.35. The summed E-state index contributed by atoms with van der Waals surface area (Å²) < 4.78 is 25.7. The van der Waals surface area contributed by atoms with Crippen LogP contribution in [0.1, 0.15) is 18.4 Å². The van der Waals surface area contributed by atoms with Crippen molar-refractivity contribution in [2.75, 3.05) is 24.5 Å². The number of piperidine rings is 1. The zero-order chi connectivity index (χ0) is 19.0. The van der Waals surface area contributed by atoms with Gasteiger partial charge in [0.1, 0.15) is 0 Å². The van der Waals surface area contributed by atoms with Crippen molar-refractivity contribution in [1.29, 1.82) is 0 Å². The SMILES string of the molecule is O=C(O)N1CCC(N2CCc3cc(S(=O)(=O)c4ccccc4)ccc32)CC1. The number of carbonyl (C=O) groups is 1. The Labute approximate surface area is 158 Å². The van der Waals surface area contributed by atoms with E-state index in [2.05, 4.69) is 4.90 Å². The van der Waals surface area contributed by atoms with Gasteiger partial charge >= 0.3 is 6.09 Å². The summed E-state index contributed by atoms with van der Waals surface area (Å²) in [6, 6.07) is 14.2. The van der Waals surface area contributed by atoms with Crippen molar-refractivity contribution in [3.05, 3.63) is 54.1 Å². The number of likely N-dealkylation sites (tertiary alicyclic amines) is 1. The predicted octanol–water partition coefficient (Wildman–Crippen LogP) is 3.02. The van der Waals surface area contributed by atoms with Crippen LogP contribution >= 0.6 is 0 Å². The molecule has 1 N–H and O–H groups in total. The molecule has 27 heavy (non-hydrogen) atoms. The van der Waals surface area contributed by atoms with E-state index in [1.165, 1.54) is 4.90 Å². The molecule has 142 valence electrons. The minimum Gasteiger partial charge on any atom is -0.465 e. The molecule has 0 radical (unpaired) electrons. The van der Waals surface area contributed by atoms with Gasteiger partial charge in [-0.1, -0.05) is 18.2 Å². The molecule has 2 aliphatic heterocycles. The van der Waals surface area contributed by atoms with Gasteiger partial charge < -0.3 is 14.9 Å². The van der Waals surface area contributed by atoms with E-state index >= 15 is 0 Å². The largest absolute Gasteiger partial charge is 0.465 e. The van der Waals surface area contributed by atoms with Crippen molar-refractivity contribution in [2.24, 2.45) is 0 Å². The summed E-state index contributed by atoms with van der Waals surface area (Å²) in [7, 11) is -3.51. The van der Waals surface area contributed by atoms with E-state index in [1.54, 1.807) is 42.5 Å². The van der Waals surface area contributed by atoms with E-state index in [-0.39, 0.29) is 0 Å². The van der Waals surface area contributed by atoms with Crippen molar-refractivity contribution in [3.63, 3.8) is 0 Å². The van der Waals surface area contributed by atoms with Crippen LogP contribution in [0.3, 0.4) is 0 Å². The molecule has 0 saturated carbocycles. The number of carboxylic acid groups (broad SMARTS) is 1. The Hall–Kier alpha value is -2.54. The minimum absolute atomic E-state index is 0.304. The summed E-state index contributed by atoms with van der Waals surface area (Å²) in [5.74, 6) is 0. The fraction of sp³-hybridized carbons (Fsp3) is 0.350. The third-order valence-electron chi connectivity index (χ3n) is 5.52. The quantitative estimate of drug-likeness (QED) is 0.877. The summed E-state index contributed by atoms with van der Waals surface area (Å²) in [5.41, 5.74) is 2.13. The van der Waals surface area contributed by atoms with Gasteiger partial charge in [0.05, 0.1) is 9.79 Å². The molecule has 1 saturated heterocycles. The second kappa shape index (κ2) is 6.88. The third kappa shape index (κ3) is 3.27. The highest BCUT2D eigenvalue weighted by Gasteiger charge is 2.31. The molecule has 0 spiro atoms. The highest BCUT2D eigenvalue weighted by atomic mass is 32.2. The molecular weight excluding hydrogens is 364 g/mol. The van der Waals surface area contributed by atoms with Crippen LogP contribution in [0.4, 0.5) is 10.5 Å². The third-order valence-corrected chi connectivity index (χ3v) is 7.29. The van der Waals surface area contributed by atoms with Gasteiger partial charge in [0.2, 0.25) is 9.84 Å². The summed E-state index contributed by atoms with van der Waals surface area (Å²) in [6.45, 7) is 1.94. The predicted molar refractivity (Wildman–Crippen MR) is 102 cm³/mol. The van der Waals surface area contributed by atoms with Crippen molar-refractivity contribution >= 4 is 21.6 Å². The zero-order valence-electron chi connectivity index (χ0n) is 14.9. The van der Waals surface area contributed by atoms with Crippen molar-refractivity contribution < 1.29 is 18.3 Å². The second-order valence-corrected chi connectivity index (χ2v) is 9.00. The van der Waals surface area contributed by atoms with E-state index in [0.717, 1.165) is 37.1 Å². The first-order valence-corrected chi connectivity index (χ1v) is 10.6. The van der Waals surface area contributed by atoms with Crippen LogP contribution in [-0.2, 0) is 16.3 Å². The maximum Gasteiger partial charge on any atom is 0.407 e. The van der Waals surface area contributed by atoms with Crippen molar-refractivity contribution in [3.8, 4) is 0 Å². The number of anilines is 1. The van der Waals surface area contributed by atoms with Crippen LogP contribution in [0.25, 0.3) is 0 Å². The number of amides is 1. The molecule has 2 heterocycles. The Morgan fingerprint density at radius 3 is 2.33 bits per heavy atom.